The van der Waals surface area contributed by atoms with Crippen LogP contribution in [0.1, 0.15) is 25.3 Å². The summed E-state index contributed by atoms with van der Waals surface area (Å²) < 4.78 is 18.1. The summed E-state index contributed by atoms with van der Waals surface area (Å²) in [6, 6.07) is 5.94. The maximum absolute atomic E-state index is 13.0. The quantitative estimate of drug-likeness (QED) is 0.611. The number of carbonyl (C=O) groups is 2. The second-order valence-corrected chi connectivity index (χ2v) is 6.91. The number of carbonyl (C=O) groups excluding carboxylic acids is 2. The highest BCUT2D eigenvalue weighted by molar-refractivity contribution is 8.18. The maximum Gasteiger partial charge on any atom is 0.310 e. The molecule has 132 valence electrons. The van der Waals surface area contributed by atoms with Crippen LogP contribution >= 0.6 is 11.8 Å². The van der Waals surface area contributed by atoms with E-state index in [-0.39, 0.29) is 23.6 Å². The van der Waals surface area contributed by atoms with Crippen molar-refractivity contribution in [1.29, 1.82) is 0 Å². The Morgan fingerprint density at radius 1 is 1.44 bits per heavy atom. The highest BCUT2D eigenvalue weighted by Gasteiger charge is 2.32. The van der Waals surface area contributed by atoms with Crippen molar-refractivity contribution in [3.8, 4) is 0 Å². The van der Waals surface area contributed by atoms with E-state index in [4.69, 9.17) is 4.74 Å². The highest BCUT2D eigenvalue weighted by atomic mass is 32.2. The third kappa shape index (κ3) is 4.28. The van der Waals surface area contributed by atoms with Gasteiger partial charge < -0.3 is 9.64 Å². The van der Waals surface area contributed by atoms with Crippen LogP contribution in [0, 0.1) is 11.7 Å². The molecule has 2 aliphatic heterocycles. The molecule has 0 aliphatic carbocycles. The van der Waals surface area contributed by atoms with Gasteiger partial charge in [-0.05, 0) is 55.3 Å². The Kier molecular flexibility index (Phi) is 5.53. The largest absolute Gasteiger partial charge is 0.466 e. The van der Waals surface area contributed by atoms with E-state index in [1.54, 1.807) is 25.1 Å². The smallest absolute Gasteiger partial charge is 0.310 e. The Bertz CT molecular complexity index is 730. The van der Waals surface area contributed by atoms with Gasteiger partial charge in [0.1, 0.15) is 5.82 Å². The van der Waals surface area contributed by atoms with Crippen LogP contribution in [-0.2, 0) is 14.3 Å². The number of nitrogens with zero attached hydrogens (tertiary/aromatic N) is 2. The number of piperidine rings is 1. The minimum Gasteiger partial charge on any atom is -0.466 e. The third-order valence-corrected chi connectivity index (χ3v) is 5.13. The molecule has 1 saturated heterocycles. The Balaban J connectivity index is 1.68. The summed E-state index contributed by atoms with van der Waals surface area (Å²) in [5, 5.41) is 0.618. The number of thioether (sulfide) groups is 1. The number of hydrogen-bond donors (Lipinski definition) is 0. The first-order chi connectivity index (χ1) is 12.1. The van der Waals surface area contributed by atoms with Crippen LogP contribution in [0.4, 0.5) is 4.39 Å². The molecule has 1 fully saturated rings. The first-order valence-electron chi connectivity index (χ1n) is 8.26. The van der Waals surface area contributed by atoms with Crippen molar-refractivity contribution in [3.05, 3.63) is 40.6 Å². The average molecular weight is 362 g/mol. The number of hydrogen-bond acceptors (Lipinski definition) is 5. The van der Waals surface area contributed by atoms with Crippen LogP contribution in [0.3, 0.4) is 0 Å². The number of aliphatic imine (C=N–C) groups is 1. The molecule has 0 N–H and O–H groups in total. The molecule has 25 heavy (non-hydrogen) atoms. The van der Waals surface area contributed by atoms with Crippen LogP contribution in [-0.4, -0.2) is 41.6 Å². The Morgan fingerprint density at radius 3 is 2.92 bits per heavy atom. The highest BCUT2D eigenvalue weighted by Crippen LogP contribution is 2.32. The molecule has 0 radical (unpaired) electrons. The standard InChI is InChI=1S/C18H19FN2O3S/c1-2-24-17(23)13-4-3-9-21(11-13)18-20-16(22)15(25-18)10-12-5-7-14(19)8-6-12/h5-8,10,13H,2-4,9,11H2,1H3/b15-10-/t13-/m1/s1. The number of esters is 1. The van der Waals surface area contributed by atoms with Crippen LogP contribution in [0.25, 0.3) is 6.08 Å². The van der Waals surface area contributed by atoms with E-state index >= 15 is 0 Å². The molecule has 1 aromatic rings. The van der Waals surface area contributed by atoms with Gasteiger partial charge in [0.25, 0.3) is 5.91 Å². The van der Waals surface area contributed by atoms with E-state index < -0.39 is 0 Å². The van der Waals surface area contributed by atoms with E-state index in [9.17, 15) is 14.0 Å². The fourth-order valence-corrected chi connectivity index (χ4v) is 3.80. The monoisotopic (exact) mass is 362 g/mol. The van der Waals surface area contributed by atoms with Gasteiger partial charge in [0, 0.05) is 13.1 Å². The summed E-state index contributed by atoms with van der Waals surface area (Å²) in [5.74, 6) is -0.994. The number of halogens is 1. The molecule has 0 unspecified atom stereocenters. The zero-order valence-electron chi connectivity index (χ0n) is 13.9. The molecule has 5 nitrogen and oxygen atoms in total. The lowest BCUT2D eigenvalue weighted by Crippen LogP contribution is -2.41. The van der Waals surface area contributed by atoms with Gasteiger partial charge in [-0.2, -0.15) is 4.99 Å². The minimum atomic E-state index is -0.317. The molecule has 7 heteroatoms. The maximum atomic E-state index is 13.0. The second kappa shape index (κ2) is 7.82. The second-order valence-electron chi connectivity index (χ2n) is 5.90. The van der Waals surface area contributed by atoms with E-state index in [0.717, 1.165) is 24.9 Å². The number of ether oxygens (including phenoxy) is 1. The molecule has 1 aromatic carbocycles. The van der Waals surface area contributed by atoms with E-state index in [0.29, 0.717) is 23.2 Å². The number of likely N-dealkylation sites (tertiary alicyclic amines) is 1. The summed E-state index contributed by atoms with van der Waals surface area (Å²) in [6.07, 6.45) is 3.35. The first kappa shape index (κ1) is 17.7. The van der Waals surface area contributed by atoms with Crippen molar-refractivity contribution in [2.24, 2.45) is 10.9 Å². The summed E-state index contributed by atoms with van der Waals surface area (Å²) >= 11 is 1.29. The predicted molar refractivity (Wildman–Crippen MR) is 95.3 cm³/mol. The molecule has 0 saturated carbocycles. The zero-order chi connectivity index (χ0) is 17.8. The molecule has 0 aromatic heterocycles. The van der Waals surface area contributed by atoms with Crippen LogP contribution in [0.5, 0.6) is 0 Å². The third-order valence-electron chi connectivity index (χ3n) is 4.09. The summed E-state index contributed by atoms with van der Waals surface area (Å²) in [4.78, 5) is 30.7. The van der Waals surface area contributed by atoms with Crippen LogP contribution in [0.15, 0.2) is 34.2 Å². The van der Waals surface area contributed by atoms with Crippen molar-refractivity contribution in [3.63, 3.8) is 0 Å². The molecule has 2 aliphatic rings. The summed E-state index contributed by atoms with van der Waals surface area (Å²) in [5.41, 5.74) is 0.747. The van der Waals surface area contributed by atoms with E-state index in [1.807, 2.05) is 4.90 Å². The number of rotatable bonds is 3. The number of benzene rings is 1. The van der Waals surface area contributed by atoms with Gasteiger partial charge in [-0.15, -0.1) is 0 Å². The van der Waals surface area contributed by atoms with Gasteiger partial charge in [0.2, 0.25) is 0 Å². The molecule has 1 atom stereocenters. The minimum absolute atomic E-state index is 0.183. The van der Waals surface area contributed by atoms with Crippen LogP contribution < -0.4 is 0 Å². The zero-order valence-corrected chi connectivity index (χ0v) is 14.7. The van der Waals surface area contributed by atoms with Crippen molar-refractivity contribution in [1.82, 2.24) is 4.90 Å². The van der Waals surface area contributed by atoms with Gasteiger partial charge in [-0.3, -0.25) is 9.59 Å². The molecular weight excluding hydrogens is 343 g/mol. The van der Waals surface area contributed by atoms with E-state index in [2.05, 4.69) is 4.99 Å². The SMILES string of the molecule is CCOC(=O)[C@@H]1CCCN(C2=NC(=O)/C(=C/c3ccc(F)cc3)S2)C1. The molecular formula is C18H19FN2O3S. The van der Waals surface area contributed by atoms with Gasteiger partial charge in [-0.1, -0.05) is 12.1 Å². The van der Waals surface area contributed by atoms with Crippen molar-refractivity contribution < 1.29 is 18.7 Å². The average Bonchev–Trinajstić information content (AvgIpc) is 2.98. The number of amidine groups is 1. The number of amides is 1. The lowest BCUT2D eigenvalue weighted by atomic mass is 9.99. The fourth-order valence-electron chi connectivity index (χ4n) is 2.85. The topological polar surface area (TPSA) is 59.0 Å². The fraction of sp³-hybridized carbons (Fsp3) is 0.389. The van der Waals surface area contributed by atoms with Crippen molar-refractivity contribution >= 4 is 34.9 Å². The Labute approximate surface area is 149 Å². The normalized spacial score (nSPS) is 22.2. The summed E-state index contributed by atoms with van der Waals surface area (Å²) in [6.45, 7) is 3.44. The molecule has 2 heterocycles. The molecule has 0 spiro atoms. The lowest BCUT2D eigenvalue weighted by molar-refractivity contribution is -0.149. The van der Waals surface area contributed by atoms with Crippen LogP contribution in [0.2, 0.25) is 0 Å². The Hall–Kier alpha value is -2.15. The van der Waals surface area contributed by atoms with Gasteiger partial charge >= 0.3 is 5.97 Å². The molecule has 1 amide bonds. The van der Waals surface area contributed by atoms with Crippen molar-refractivity contribution in [2.45, 2.75) is 19.8 Å². The first-order valence-corrected chi connectivity index (χ1v) is 9.08. The lowest BCUT2D eigenvalue weighted by Gasteiger charge is -2.32. The van der Waals surface area contributed by atoms with E-state index in [1.165, 1.54) is 23.9 Å². The van der Waals surface area contributed by atoms with Gasteiger partial charge in [0.05, 0.1) is 17.4 Å². The summed E-state index contributed by atoms with van der Waals surface area (Å²) in [7, 11) is 0. The van der Waals surface area contributed by atoms with Crippen molar-refractivity contribution in [2.75, 3.05) is 19.7 Å². The predicted octanol–water partition coefficient (Wildman–Crippen LogP) is 3.07. The van der Waals surface area contributed by atoms with Gasteiger partial charge in [0.15, 0.2) is 5.17 Å². The van der Waals surface area contributed by atoms with Gasteiger partial charge in [-0.25, -0.2) is 4.39 Å². The molecule has 3 rings (SSSR count). The Morgan fingerprint density at radius 2 is 2.20 bits per heavy atom. The molecule has 0 bridgehead atoms.